The minimum atomic E-state index is -0.363. The van der Waals surface area contributed by atoms with Crippen LogP contribution >= 0.6 is 0 Å². The van der Waals surface area contributed by atoms with Crippen molar-refractivity contribution in [3.63, 3.8) is 0 Å². The van der Waals surface area contributed by atoms with Gasteiger partial charge < -0.3 is 10.0 Å². The Labute approximate surface area is 105 Å². The molecule has 0 aromatic heterocycles. The van der Waals surface area contributed by atoms with Crippen molar-refractivity contribution in [2.45, 2.75) is 45.8 Å². The average molecular weight is 235 g/mol. The quantitative estimate of drug-likeness (QED) is 0.867. The van der Waals surface area contributed by atoms with Crippen molar-refractivity contribution >= 4 is 0 Å². The molecule has 0 radical (unpaired) electrons. The molecule has 0 saturated heterocycles. The smallest absolute Gasteiger partial charge is 0.0758 e. The van der Waals surface area contributed by atoms with Crippen LogP contribution in [0.3, 0.4) is 0 Å². The molecule has 0 aliphatic heterocycles. The van der Waals surface area contributed by atoms with Crippen LogP contribution in [-0.4, -0.2) is 35.7 Å². The van der Waals surface area contributed by atoms with Crippen molar-refractivity contribution in [3.05, 3.63) is 34.9 Å². The van der Waals surface area contributed by atoms with Gasteiger partial charge in [0, 0.05) is 12.0 Å². The maximum Gasteiger partial charge on any atom is 0.0758 e. The molecule has 1 N–H and O–H groups in total. The molecule has 0 spiro atoms. The van der Waals surface area contributed by atoms with E-state index < -0.39 is 0 Å². The first kappa shape index (κ1) is 14.2. The molecule has 0 fully saturated rings. The SMILES string of the molecule is Cc1ccc(C)c(CC(O)C(C)(C)N(C)C)c1. The first-order valence-corrected chi connectivity index (χ1v) is 6.16. The Kier molecular flexibility index (Phi) is 4.34. The summed E-state index contributed by atoms with van der Waals surface area (Å²) in [5, 5.41) is 10.4. The molecule has 0 saturated carbocycles. The minimum Gasteiger partial charge on any atom is -0.391 e. The molecule has 1 atom stereocenters. The van der Waals surface area contributed by atoms with Gasteiger partial charge >= 0.3 is 0 Å². The van der Waals surface area contributed by atoms with Gasteiger partial charge in [-0.15, -0.1) is 0 Å². The number of likely N-dealkylation sites (N-methyl/N-ethyl adjacent to an activating group) is 1. The van der Waals surface area contributed by atoms with Crippen LogP contribution in [0.4, 0.5) is 0 Å². The van der Waals surface area contributed by atoms with E-state index in [4.69, 9.17) is 0 Å². The summed E-state index contributed by atoms with van der Waals surface area (Å²) in [5.74, 6) is 0. The lowest BCUT2D eigenvalue weighted by Gasteiger charge is -2.37. The molecule has 0 aliphatic rings. The molecule has 1 rings (SSSR count). The van der Waals surface area contributed by atoms with Crippen molar-refractivity contribution in [1.82, 2.24) is 4.90 Å². The second-order valence-electron chi connectivity index (χ2n) is 5.70. The number of hydrogen-bond acceptors (Lipinski definition) is 2. The molecule has 0 aliphatic carbocycles. The van der Waals surface area contributed by atoms with Crippen molar-refractivity contribution in [2.24, 2.45) is 0 Å². The van der Waals surface area contributed by atoms with Crippen molar-refractivity contribution in [2.75, 3.05) is 14.1 Å². The maximum atomic E-state index is 10.4. The molecule has 0 bridgehead atoms. The highest BCUT2D eigenvalue weighted by Crippen LogP contribution is 2.21. The number of aryl methyl sites for hydroxylation is 2. The van der Waals surface area contributed by atoms with Gasteiger partial charge in [0.25, 0.3) is 0 Å². The van der Waals surface area contributed by atoms with Crippen LogP contribution in [0, 0.1) is 13.8 Å². The molecular weight excluding hydrogens is 210 g/mol. The molecular formula is C15H25NO. The van der Waals surface area contributed by atoms with Gasteiger partial charge in [0.1, 0.15) is 0 Å². The van der Waals surface area contributed by atoms with Gasteiger partial charge in [0.2, 0.25) is 0 Å². The maximum absolute atomic E-state index is 10.4. The molecule has 0 amide bonds. The summed E-state index contributed by atoms with van der Waals surface area (Å²) in [6.45, 7) is 8.34. The summed E-state index contributed by atoms with van der Waals surface area (Å²) < 4.78 is 0. The van der Waals surface area contributed by atoms with Crippen molar-refractivity contribution < 1.29 is 5.11 Å². The molecule has 0 heterocycles. The highest BCUT2D eigenvalue weighted by atomic mass is 16.3. The van der Waals surface area contributed by atoms with Crippen LogP contribution in [0.1, 0.15) is 30.5 Å². The minimum absolute atomic E-state index is 0.212. The largest absolute Gasteiger partial charge is 0.391 e. The molecule has 17 heavy (non-hydrogen) atoms. The van der Waals surface area contributed by atoms with Gasteiger partial charge in [-0.1, -0.05) is 23.8 Å². The van der Waals surface area contributed by atoms with E-state index in [0.717, 1.165) is 0 Å². The van der Waals surface area contributed by atoms with Crippen LogP contribution in [0.5, 0.6) is 0 Å². The fourth-order valence-electron chi connectivity index (χ4n) is 1.78. The van der Waals surface area contributed by atoms with Gasteiger partial charge in [0.15, 0.2) is 0 Å². The zero-order chi connectivity index (χ0) is 13.2. The van der Waals surface area contributed by atoms with E-state index in [2.05, 4.69) is 50.8 Å². The normalized spacial score (nSPS) is 14.1. The van der Waals surface area contributed by atoms with Gasteiger partial charge in [0.05, 0.1) is 6.10 Å². The van der Waals surface area contributed by atoms with Crippen LogP contribution < -0.4 is 0 Å². The van der Waals surface area contributed by atoms with Crippen LogP contribution in [0.15, 0.2) is 18.2 Å². The second kappa shape index (κ2) is 5.19. The van der Waals surface area contributed by atoms with Gasteiger partial charge in [-0.3, -0.25) is 0 Å². The number of benzene rings is 1. The predicted octanol–water partition coefficient (Wildman–Crippen LogP) is 2.55. The summed E-state index contributed by atoms with van der Waals surface area (Å²) in [6, 6.07) is 6.41. The number of aliphatic hydroxyl groups is 1. The highest BCUT2D eigenvalue weighted by molar-refractivity contribution is 5.31. The molecule has 2 nitrogen and oxygen atoms in total. The Hall–Kier alpha value is -0.860. The third kappa shape index (κ3) is 3.30. The van der Waals surface area contributed by atoms with E-state index in [1.54, 1.807) is 0 Å². The summed E-state index contributed by atoms with van der Waals surface area (Å²) in [7, 11) is 4.01. The van der Waals surface area contributed by atoms with E-state index >= 15 is 0 Å². The van der Waals surface area contributed by atoms with Gasteiger partial charge in [-0.25, -0.2) is 0 Å². The molecule has 96 valence electrons. The molecule has 1 aromatic rings. The fourth-order valence-corrected chi connectivity index (χ4v) is 1.78. The first-order valence-electron chi connectivity index (χ1n) is 6.16. The summed E-state index contributed by atoms with van der Waals surface area (Å²) in [5.41, 5.74) is 3.54. The Bertz CT molecular complexity index is 383. The zero-order valence-electron chi connectivity index (χ0n) is 11.9. The lowest BCUT2D eigenvalue weighted by molar-refractivity contribution is 0.0182. The van der Waals surface area contributed by atoms with Crippen LogP contribution in [-0.2, 0) is 6.42 Å². The number of aliphatic hydroxyl groups excluding tert-OH is 1. The summed E-state index contributed by atoms with van der Waals surface area (Å²) in [6.07, 6.45) is 0.344. The van der Waals surface area contributed by atoms with E-state index in [1.165, 1.54) is 16.7 Å². The summed E-state index contributed by atoms with van der Waals surface area (Å²) >= 11 is 0. The van der Waals surface area contributed by atoms with Gasteiger partial charge in [-0.2, -0.15) is 0 Å². The second-order valence-corrected chi connectivity index (χ2v) is 5.70. The third-order valence-corrected chi connectivity index (χ3v) is 3.89. The fraction of sp³-hybridized carbons (Fsp3) is 0.600. The van der Waals surface area contributed by atoms with Crippen LogP contribution in [0.25, 0.3) is 0 Å². The highest BCUT2D eigenvalue weighted by Gasteiger charge is 2.30. The topological polar surface area (TPSA) is 23.5 Å². The predicted molar refractivity (Wildman–Crippen MR) is 73.4 cm³/mol. The van der Waals surface area contributed by atoms with Crippen LogP contribution in [0.2, 0.25) is 0 Å². The first-order chi connectivity index (χ1) is 7.75. The van der Waals surface area contributed by atoms with Crippen molar-refractivity contribution in [3.8, 4) is 0 Å². The van der Waals surface area contributed by atoms with E-state index in [-0.39, 0.29) is 11.6 Å². The molecule has 1 unspecified atom stereocenters. The Morgan fingerprint density at radius 2 is 1.82 bits per heavy atom. The number of nitrogens with zero attached hydrogens (tertiary/aromatic N) is 1. The third-order valence-electron chi connectivity index (χ3n) is 3.89. The number of rotatable bonds is 4. The lowest BCUT2D eigenvalue weighted by Crippen LogP contribution is -2.49. The standard InChI is InChI=1S/C15H25NO/c1-11-7-8-12(2)13(9-11)10-14(17)15(3,4)16(5)6/h7-9,14,17H,10H2,1-6H3. The van der Waals surface area contributed by atoms with E-state index in [1.807, 2.05) is 14.1 Å². The van der Waals surface area contributed by atoms with Gasteiger partial charge in [-0.05, 0) is 52.9 Å². The molecule has 2 heteroatoms. The Morgan fingerprint density at radius 1 is 1.24 bits per heavy atom. The van der Waals surface area contributed by atoms with E-state index in [0.29, 0.717) is 6.42 Å². The summed E-state index contributed by atoms with van der Waals surface area (Å²) in [4.78, 5) is 2.07. The Balaban J connectivity index is 2.88. The van der Waals surface area contributed by atoms with Crippen molar-refractivity contribution in [1.29, 1.82) is 0 Å². The lowest BCUT2D eigenvalue weighted by atomic mass is 9.89. The number of hydrogen-bond donors (Lipinski definition) is 1. The van der Waals surface area contributed by atoms with E-state index in [9.17, 15) is 5.11 Å². The zero-order valence-corrected chi connectivity index (χ0v) is 11.9. The molecule has 1 aromatic carbocycles. The monoisotopic (exact) mass is 235 g/mol. The average Bonchev–Trinajstić information content (AvgIpc) is 2.23. The Morgan fingerprint density at radius 3 is 2.35 bits per heavy atom.